The van der Waals surface area contributed by atoms with Gasteiger partial charge in [0.05, 0.1) is 29.8 Å². The number of ether oxygens (including phenoxy) is 2. The Labute approximate surface area is 162 Å². The molecule has 1 fully saturated rings. The summed E-state index contributed by atoms with van der Waals surface area (Å²) in [6.45, 7) is 3.84. The molecule has 0 aliphatic carbocycles. The number of nitrogens with zero attached hydrogens (tertiary/aromatic N) is 2. The van der Waals surface area contributed by atoms with E-state index in [1.165, 1.54) is 5.56 Å². The molecule has 2 heterocycles. The number of amides is 1. The number of aryl methyl sites for hydroxylation is 1. The van der Waals surface area contributed by atoms with Crippen LogP contribution in [0.5, 0.6) is 0 Å². The van der Waals surface area contributed by atoms with Crippen LogP contribution in [0.2, 0.25) is 0 Å². The van der Waals surface area contributed by atoms with E-state index in [4.69, 9.17) is 9.47 Å². The smallest absolute Gasteiger partial charge is 0.338 e. The lowest BCUT2D eigenvalue weighted by atomic mass is 10.1. The molecule has 2 aromatic carbocycles. The number of hydrogen-bond donors (Lipinski definition) is 1. The Balaban J connectivity index is 1.45. The SMILES string of the molecule is Cc1ccc(-c2nc3ccc(C(=O)OCC(=O)N4CCOCC4)cc3[nH]2)cc1. The predicted molar refractivity (Wildman–Crippen MR) is 104 cm³/mol. The van der Waals surface area contributed by atoms with Crippen molar-refractivity contribution in [1.82, 2.24) is 14.9 Å². The second kappa shape index (κ2) is 7.82. The highest BCUT2D eigenvalue weighted by molar-refractivity contribution is 5.95. The van der Waals surface area contributed by atoms with E-state index in [0.717, 1.165) is 22.4 Å². The lowest BCUT2D eigenvalue weighted by Crippen LogP contribution is -2.42. The van der Waals surface area contributed by atoms with Crippen molar-refractivity contribution in [2.45, 2.75) is 6.92 Å². The third-order valence-corrected chi connectivity index (χ3v) is 4.73. The van der Waals surface area contributed by atoms with E-state index in [2.05, 4.69) is 9.97 Å². The molecule has 144 valence electrons. The molecule has 0 bridgehead atoms. The van der Waals surface area contributed by atoms with Crippen LogP contribution in [0.4, 0.5) is 0 Å². The molecular formula is C21H21N3O4. The lowest BCUT2D eigenvalue weighted by molar-refractivity contribution is -0.138. The number of rotatable bonds is 4. The van der Waals surface area contributed by atoms with Gasteiger partial charge in [-0.1, -0.05) is 29.8 Å². The van der Waals surface area contributed by atoms with Gasteiger partial charge in [-0.3, -0.25) is 4.79 Å². The first kappa shape index (κ1) is 18.2. The number of morpholine rings is 1. The van der Waals surface area contributed by atoms with Crippen molar-refractivity contribution in [3.63, 3.8) is 0 Å². The molecule has 28 heavy (non-hydrogen) atoms. The Bertz CT molecular complexity index is 1000. The fraction of sp³-hybridized carbons (Fsp3) is 0.286. The molecule has 1 aromatic heterocycles. The summed E-state index contributed by atoms with van der Waals surface area (Å²) < 4.78 is 10.4. The van der Waals surface area contributed by atoms with Crippen LogP contribution in [0, 0.1) is 6.92 Å². The van der Waals surface area contributed by atoms with E-state index in [1.54, 1.807) is 23.1 Å². The average molecular weight is 379 g/mol. The van der Waals surface area contributed by atoms with Gasteiger partial charge < -0.3 is 19.4 Å². The summed E-state index contributed by atoms with van der Waals surface area (Å²) in [6, 6.07) is 13.2. The number of aromatic nitrogens is 2. The summed E-state index contributed by atoms with van der Waals surface area (Å²) in [5, 5.41) is 0. The molecule has 1 aliphatic rings. The molecule has 1 amide bonds. The minimum atomic E-state index is -0.532. The number of carbonyl (C=O) groups excluding carboxylic acids is 2. The molecule has 7 nitrogen and oxygen atoms in total. The van der Waals surface area contributed by atoms with Gasteiger partial charge in [-0.15, -0.1) is 0 Å². The zero-order valence-corrected chi connectivity index (χ0v) is 15.6. The Hall–Kier alpha value is -3.19. The number of hydrogen-bond acceptors (Lipinski definition) is 5. The number of esters is 1. The summed E-state index contributed by atoms with van der Waals surface area (Å²) in [7, 11) is 0. The average Bonchev–Trinajstić information content (AvgIpc) is 3.16. The molecule has 0 radical (unpaired) electrons. The molecule has 0 saturated carbocycles. The maximum Gasteiger partial charge on any atom is 0.338 e. The zero-order valence-electron chi connectivity index (χ0n) is 15.6. The topological polar surface area (TPSA) is 84.5 Å². The normalized spacial score (nSPS) is 14.2. The van der Waals surface area contributed by atoms with E-state index >= 15 is 0 Å². The Morgan fingerprint density at radius 3 is 2.64 bits per heavy atom. The molecule has 7 heteroatoms. The van der Waals surface area contributed by atoms with E-state index in [9.17, 15) is 9.59 Å². The van der Waals surface area contributed by atoms with E-state index in [-0.39, 0.29) is 12.5 Å². The number of carbonyl (C=O) groups is 2. The highest BCUT2D eigenvalue weighted by Gasteiger charge is 2.19. The Kier molecular flexibility index (Phi) is 5.08. The minimum absolute atomic E-state index is 0.207. The molecule has 0 unspecified atom stereocenters. The molecule has 1 N–H and O–H groups in total. The van der Waals surface area contributed by atoms with Crippen LogP contribution in [0.1, 0.15) is 15.9 Å². The largest absolute Gasteiger partial charge is 0.452 e. The fourth-order valence-electron chi connectivity index (χ4n) is 3.10. The minimum Gasteiger partial charge on any atom is -0.452 e. The van der Waals surface area contributed by atoms with Gasteiger partial charge in [-0.25, -0.2) is 9.78 Å². The number of benzene rings is 2. The second-order valence-electron chi connectivity index (χ2n) is 6.75. The fourth-order valence-corrected chi connectivity index (χ4v) is 3.10. The van der Waals surface area contributed by atoms with Crippen molar-refractivity contribution in [2.24, 2.45) is 0 Å². The van der Waals surface area contributed by atoms with Crippen molar-refractivity contribution >= 4 is 22.9 Å². The van der Waals surface area contributed by atoms with Gasteiger partial charge in [0.25, 0.3) is 5.91 Å². The third-order valence-electron chi connectivity index (χ3n) is 4.73. The van der Waals surface area contributed by atoms with Gasteiger partial charge in [-0.2, -0.15) is 0 Å². The van der Waals surface area contributed by atoms with Crippen LogP contribution >= 0.6 is 0 Å². The van der Waals surface area contributed by atoms with Crippen molar-refractivity contribution < 1.29 is 19.1 Å². The van der Waals surface area contributed by atoms with Crippen molar-refractivity contribution in [2.75, 3.05) is 32.9 Å². The van der Waals surface area contributed by atoms with E-state index < -0.39 is 5.97 Å². The summed E-state index contributed by atoms with van der Waals surface area (Å²) in [4.78, 5) is 33.9. The number of imidazole rings is 1. The van der Waals surface area contributed by atoms with E-state index in [1.807, 2.05) is 31.2 Å². The number of aromatic amines is 1. The van der Waals surface area contributed by atoms with Crippen molar-refractivity contribution in [1.29, 1.82) is 0 Å². The first-order valence-corrected chi connectivity index (χ1v) is 9.19. The summed E-state index contributed by atoms with van der Waals surface area (Å²) in [5.41, 5.74) is 4.03. The second-order valence-corrected chi connectivity index (χ2v) is 6.75. The highest BCUT2D eigenvalue weighted by atomic mass is 16.5. The zero-order chi connectivity index (χ0) is 19.5. The van der Waals surface area contributed by atoms with Gasteiger partial charge in [0, 0.05) is 18.7 Å². The molecule has 1 saturated heterocycles. The highest BCUT2D eigenvalue weighted by Crippen LogP contribution is 2.22. The van der Waals surface area contributed by atoms with Gasteiger partial charge in [0.1, 0.15) is 5.82 Å². The molecule has 3 aromatic rings. The quantitative estimate of drug-likeness (QED) is 0.704. The monoisotopic (exact) mass is 379 g/mol. The Morgan fingerprint density at radius 2 is 1.89 bits per heavy atom. The summed E-state index contributed by atoms with van der Waals surface area (Å²) in [5.74, 6) is -0.000987. The predicted octanol–water partition coefficient (Wildman–Crippen LogP) is 2.55. The maximum absolute atomic E-state index is 12.3. The number of nitrogens with one attached hydrogen (secondary N) is 1. The van der Waals surface area contributed by atoms with Crippen LogP contribution in [0.25, 0.3) is 22.4 Å². The summed E-state index contributed by atoms with van der Waals surface area (Å²) >= 11 is 0. The van der Waals surface area contributed by atoms with Crippen LogP contribution in [0.3, 0.4) is 0 Å². The van der Waals surface area contributed by atoms with Gasteiger partial charge >= 0.3 is 5.97 Å². The van der Waals surface area contributed by atoms with Gasteiger partial charge in [0.2, 0.25) is 0 Å². The third kappa shape index (κ3) is 3.89. The molecule has 1 aliphatic heterocycles. The van der Waals surface area contributed by atoms with Crippen LogP contribution in [-0.4, -0.2) is 59.7 Å². The van der Waals surface area contributed by atoms with Crippen LogP contribution < -0.4 is 0 Å². The van der Waals surface area contributed by atoms with E-state index in [0.29, 0.717) is 31.9 Å². The maximum atomic E-state index is 12.3. The molecule has 0 atom stereocenters. The molecule has 0 spiro atoms. The Morgan fingerprint density at radius 1 is 1.14 bits per heavy atom. The van der Waals surface area contributed by atoms with Crippen LogP contribution in [0.15, 0.2) is 42.5 Å². The standard InChI is InChI=1S/C21H21N3O4/c1-14-2-4-15(5-3-14)20-22-17-7-6-16(12-18(17)23-20)21(26)28-13-19(25)24-8-10-27-11-9-24/h2-7,12H,8-11,13H2,1H3,(H,22,23). The first-order valence-electron chi connectivity index (χ1n) is 9.19. The molecular weight excluding hydrogens is 358 g/mol. The lowest BCUT2D eigenvalue weighted by Gasteiger charge is -2.26. The first-order chi connectivity index (χ1) is 13.6. The van der Waals surface area contributed by atoms with Crippen molar-refractivity contribution in [3.8, 4) is 11.4 Å². The van der Waals surface area contributed by atoms with Crippen molar-refractivity contribution in [3.05, 3.63) is 53.6 Å². The van der Waals surface area contributed by atoms with Crippen LogP contribution in [-0.2, 0) is 14.3 Å². The number of fused-ring (bicyclic) bond motifs is 1. The molecule has 4 rings (SSSR count). The number of H-pyrrole nitrogens is 1. The van der Waals surface area contributed by atoms with Gasteiger partial charge in [0.15, 0.2) is 6.61 Å². The van der Waals surface area contributed by atoms with Gasteiger partial charge in [-0.05, 0) is 25.1 Å². The summed E-state index contributed by atoms with van der Waals surface area (Å²) in [6.07, 6.45) is 0.